The number of hydrogen-bond acceptors (Lipinski definition) is 3. The summed E-state index contributed by atoms with van der Waals surface area (Å²) in [6, 6.07) is 50.3. The van der Waals surface area contributed by atoms with Crippen LogP contribution in [-0.4, -0.2) is 19.5 Å². The van der Waals surface area contributed by atoms with Crippen LogP contribution in [-0.2, 0) is 0 Å². The molecule has 7 aromatic carbocycles. The Morgan fingerprint density at radius 1 is 0.415 bits per heavy atom. The normalized spacial score (nSPS) is 11.4. The summed E-state index contributed by atoms with van der Waals surface area (Å²) in [7, 11) is 0. The lowest BCUT2D eigenvalue weighted by Gasteiger charge is -2.17. The summed E-state index contributed by atoms with van der Waals surface area (Å²) in [4.78, 5) is 15.0. The van der Waals surface area contributed by atoms with Gasteiger partial charge in [0.1, 0.15) is 11.6 Å². The number of nitrogens with zero attached hydrogens (tertiary/aromatic N) is 4. The highest BCUT2D eigenvalue weighted by Gasteiger charge is 2.22. The van der Waals surface area contributed by atoms with Crippen LogP contribution in [0.15, 0.2) is 158 Å². The Kier molecular flexibility index (Phi) is 7.93. The first-order valence-electron chi connectivity index (χ1n) is 17.5. The standard InChI is InChI=1S/C47H32F2N4/c1-29-24-30(2)26-35(25-29)33-20-22-42-37(27-33)36-16-9-10-19-41(36)53(42)43-23-21-34(44-39(48)17-11-18-40(44)49)28-38(43)47-51-45(31-12-5-3-6-13-31)50-46(52-47)32-14-7-4-8-15-32/h3-28H,1-2H3. The van der Waals surface area contributed by atoms with Gasteiger partial charge in [-0.15, -0.1) is 0 Å². The summed E-state index contributed by atoms with van der Waals surface area (Å²) in [5.41, 5.74) is 9.92. The lowest BCUT2D eigenvalue weighted by atomic mass is 9.99. The van der Waals surface area contributed by atoms with Crippen LogP contribution in [0.3, 0.4) is 0 Å². The summed E-state index contributed by atoms with van der Waals surface area (Å²) in [5.74, 6) is 0.0608. The first-order chi connectivity index (χ1) is 25.9. The number of fused-ring (bicyclic) bond motifs is 3. The summed E-state index contributed by atoms with van der Waals surface area (Å²) in [5, 5.41) is 2.16. The number of benzene rings is 7. The van der Waals surface area contributed by atoms with E-state index in [9.17, 15) is 0 Å². The van der Waals surface area contributed by atoms with Crippen LogP contribution < -0.4 is 0 Å². The van der Waals surface area contributed by atoms with Gasteiger partial charge in [-0.2, -0.15) is 0 Å². The molecule has 2 aromatic heterocycles. The molecule has 9 rings (SSSR count). The van der Waals surface area contributed by atoms with Crippen molar-refractivity contribution < 1.29 is 8.78 Å². The Morgan fingerprint density at radius 3 is 1.64 bits per heavy atom. The molecule has 0 aliphatic carbocycles. The molecule has 2 heterocycles. The number of halogens is 2. The molecule has 0 spiro atoms. The minimum atomic E-state index is -0.648. The molecule has 0 unspecified atom stereocenters. The molecule has 0 aliphatic heterocycles. The number of para-hydroxylation sites is 1. The molecule has 0 aliphatic rings. The fourth-order valence-electron chi connectivity index (χ4n) is 7.32. The zero-order valence-corrected chi connectivity index (χ0v) is 29.1. The van der Waals surface area contributed by atoms with Gasteiger partial charge in [0.05, 0.1) is 22.3 Å². The Labute approximate surface area is 305 Å². The Bertz CT molecular complexity index is 2730. The van der Waals surface area contributed by atoms with Crippen LogP contribution in [0.5, 0.6) is 0 Å². The average molecular weight is 691 g/mol. The first-order valence-corrected chi connectivity index (χ1v) is 17.5. The highest BCUT2D eigenvalue weighted by Crippen LogP contribution is 2.40. The van der Waals surface area contributed by atoms with Gasteiger partial charge in [-0.1, -0.05) is 126 Å². The minimum absolute atomic E-state index is 0.110. The van der Waals surface area contributed by atoms with Crippen molar-refractivity contribution in [2.75, 3.05) is 0 Å². The number of rotatable bonds is 6. The molecule has 0 N–H and O–H groups in total. The molecule has 0 bridgehead atoms. The fourth-order valence-corrected chi connectivity index (χ4v) is 7.32. The zero-order chi connectivity index (χ0) is 36.1. The Morgan fingerprint density at radius 2 is 0.981 bits per heavy atom. The zero-order valence-electron chi connectivity index (χ0n) is 29.1. The topological polar surface area (TPSA) is 43.6 Å². The van der Waals surface area contributed by atoms with Crippen LogP contribution in [0.2, 0.25) is 0 Å². The van der Waals surface area contributed by atoms with E-state index in [0.717, 1.165) is 49.7 Å². The van der Waals surface area contributed by atoms with Crippen LogP contribution in [0.25, 0.3) is 83.9 Å². The van der Waals surface area contributed by atoms with Gasteiger partial charge >= 0.3 is 0 Å². The average Bonchev–Trinajstić information content (AvgIpc) is 3.51. The second-order valence-electron chi connectivity index (χ2n) is 13.3. The lowest BCUT2D eigenvalue weighted by molar-refractivity contribution is 0.589. The van der Waals surface area contributed by atoms with Gasteiger partial charge < -0.3 is 4.57 Å². The Hall–Kier alpha value is -6.79. The van der Waals surface area contributed by atoms with Gasteiger partial charge in [0.15, 0.2) is 17.5 Å². The van der Waals surface area contributed by atoms with E-state index >= 15 is 8.78 Å². The van der Waals surface area contributed by atoms with Crippen molar-refractivity contribution in [1.29, 1.82) is 0 Å². The lowest BCUT2D eigenvalue weighted by Crippen LogP contribution is -2.04. The van der Waals surface area contributed by atoms with Gasteiger partial charge in [-0.05, 0) is 73.0 Å². The molecule has 0 radical (unpaired) electrons. The van der Waals surface area contributed by atoms with Crippen LogP contribution >= 0.6 is 0 Å². The quantitative estimate of drug-likeness (QED) is 0.174. The third-order valence-corrected chi connectivity index (χ3v) is 9.66. The van der Waals surface area contributed by atoms with E-state index in [4.69, 9.17) is 15.0 Å². The van der Waals surface area contributed by atoms with E-state index in [0.29, 0.717) is 28.6 Å². The van der Waals surface area contributed by atoms with Crippen LogP contribution in [0.1, 0.15) is 11.1 Å². The first kappa shape index (κ1) is 32.1. The number of aromatic nitrogens is 4. The molecule has 4 nitrogen and oxygen atoms in total. The van der Waals surface area contributed by atoms with Gasteiger partial charge in [0.25, 0.3) is 0 Å². The predicted molar refractivity (Wildman–Crippen MR) is 211 cm³/mol. The van der Waals surface area contributed by atoms with Gasteiger partial charge in [-0.25, -0.2) is 23.7 Å². The minimum Gasteiger partial charge on any atom is -0.309 e. The molecule has 254 valence electrons. The van der Waals surface area contributed by atoms with Crippen molar-refractivity contribution in [3.63, 3.8) is 0 Å². The van der Waals surface area contributed by atoms with Crippen LogP contribution in [0.4, 0.5) is 8.78 Å². The maximum absolute atomic E-state index is 15.4. The van der Waals surface area contributed by atoms with Crippen molar-refractivity contribution in [3.05, 3.63) is 180 Å². The van der Waals surface area contributed by atoms with Gasteiger partial charge in [-0.3, -0.25) is 0 Å². The fraction of sp³-hybridized carbons (Fsp3) is 0.0426. The molecule has 6 heteroatoms. The van der Waals surface area contributed by atoms with E-state index in [1.807, 2.05) is 78.9 Å². The largest absolute Gasteiger partial charge is 0.309 e. The monoisotopic (exact) mass is 690 g/mol. The van der Waals surface area contributed by atoms with Crippen molar-refractivity contribution in [1.82, 2.24) is 19.5 Å². The summed E-state index contributed by atoms with van der Waals surface area (Å²) >= 11 is 0. The molecule has 53 heavy (non-hydrogen) atoms. The van der Waals surface area contributed by atoms with Crippen molar-refractivity contribution in [2.45, 2.75) is 13.8 Å². The van der Waals surface area contributed by atoms with Gasteiger partial charge in [0.2, 0.25) is 0 Å². The summed E-state index contributed by atoms with van der Waals surface area (Å²) in [6.45, 7) is 4.24. The Balaban J connectivity index is 1.35. The third kappa shape index (κ3) is 5.84. The molecule has 0 saturated carbocycles. The molecule has 0 atom stereocenters. The van der Waals surface area contributed by atoms with E-state index in [-0.39, 0.29) is 5.56 Å². The highest BCUT2D eigenvalue weighted by molar-refractivity contribution is 6.11. The van der Waals surface area contributed by atoms with Crippen molar-refractivity contribution >= 4 is 21.8 Å². The second-order valence-corrected chi connectivity index (χ2v) is 13.3. The van der Waals surface area contributed by atoms with Crippen molar-refractivity contribution in [2.24, 2.45) is 0 Å². The SMILES string of the molecule is Cc1cc(C)cc(-c2ccc3c(c2)c2ccccc2n3-c2ccc(-c3c(F)cccc3F)cc2-c2nc(-c3ccccc3)nc(-c3ccccc3)n2)c1. The van der Waals surface area contributed by atoms with E-state index in [1.54, 1.807) is 12.1 Å². The summed E-state index contributed by atoms with van der Waals surface area (Å²) in [6.07, 6.45) is 0. The molecular weight excluding hydrogens is 659 g/mol. The second kappa shape index (κ2) is 13.1. The molecule has 0 amide bonds. The molecule has 0 saturated heterocycles. The van der Waals surface area contributed by atoms with Crippen LogP contribution in [0, 0.1) is 25.5 Å². The number of hydrogen-bond donors (Lipinski definition) is 0. The molecule has 0 fully saturated rings. The van der Waals surface area contributed by atoms with E-state index in [1.165, 1.54) is 29.3 Å². The highest BCUT2D eigenvalue weighted by atomic mass is 19.1. The molecule has 9 aromatic rings. The van der Waals surface area contributed by atoms with Crippen molar-refractivity contribution in [3.8, 4) is 62.1 Å². The molecular formula is C47H32F2N4. The summed E-state index contributed by atoms with van der Waals surface area (Å²) < 4.78 is 32.9. The number of aryl methyl sites for hydroxylation is 2. The third-order valence-electron chi connectivity index (χ3n) is 9.66. The van der Waals surface area contributed by atoms with Gasteiger partial charge in [0, 0.05) is 27.5 Å². The maximum atomic E-state index is 15.4. The smallest absolute Gasteiger partial charge is 0.166 e. The van der Waals surface area contributed by atoms with E-state index < -0.39 is 11.6 Å². The predicted octanol–water partition coefficient (Wildman–Crippen LogP) is 12.2. The van der Waals surface area contributed by atoms with E-state index in [2.05, 4.69) is 66.9 Å². The maximum Gasteiger partial charge on any atom is 0.166 e.